The zero-order valence-electron chi connectivity index (χ0n) is 19.0. The maximum Gasteiger partial charge on any atom is 0.409 e. The number of fused-ring (bicyclic) bond motifs is 1. The van der Waals surface area contributed by atoms with Gasteiger partial charge in [-0.3, -0.25) is 4.99 Å². The average Bonchev–Trinajstić information content (AvgIpc) is 3.19. The number of benzene rings is 1. The molecule has 0 bridgehead atoms. The second-order valence-corrected chi connectivity index (χ2v) is 7.56. The summed E-state index contributed by atoms with van der Waals surface area (Å²) in [7, 11) is 3.30. The largest absolute Gasteiger partial charge is 0.497 e. The van der Waals surface area contributed by atoms with Gasteiger partial charge in [0.15, 0.2) is 5.96 Å². The summed E-state index contributed by atoms with van der Waals surface area (Å²) in [4.78, 5) is 21.4. The SMILES string of the molecule is CCOC(=O)N1CCC(NC(N)=NCCCc2cc3c(OC)cc(OC)cc3[nH]2)CC1.I. The molecule has 2 aromatic rings. The molecule has 1 aromatic carbocycles. The van der Waals surface area contributed by atoms with E-state index in [4.69, 9.17) is 19.9 Å². The number of halogens is 1. The van der Waals surface area contributed by atoms with Crippen LogP contribution < -0.4 is 20.5 Å². The minimum absolute atomic E-state index is 0. The molecule has 1 aliphatic heterocycles. The van der Waals surface area contributed by atoms with Crippen LogP contribution in [0.15, 0.2) is 23.2 Å². The third kappa shape index (κ3) is 6.81. The number of aromatic amines is 1. The zero-order chi connectivity index (χ0) is 22.2. The van der Waals surface area contributed by atoms with Gasteiger partial charge in [-0.05, 0) is 38.7 Å². The van der Waals surface area contributed by atoms with Crippen molar-refractivity contribution in [1.29, 1.82) is 0 Å². The van der Waals surface area contributed by atoms with Crippen molar-refractivity contribution < 1.29 is 19.0 Å². The normalized spacial score (nSPS) is 14.7. The first kappa shape index (κ1) is 25.9. The molecule has 178 valence electrons. The summed E-state index contributed by atoms with van der Waals surface area (Å²) < 4.78 is 15.8. The summed E-state index contributed by atoms with van der Waals surface area (Å²) in [5.41, 5.74) is 8.16. The number of likely N-dealkylation sites (tertiary alicyclic amines) is 1. The van der Waals surface area contributed by atoms with Crippen molar-refractivity contribution in [1.82, 2.24) is 15.2 Å². The minimum Gasteiger partial charge on any atom is -0.497 e. The number of ether oxygens (including phenoxy) is 3. The quantitative estimate of drug-likeness (QED) is 0.198. The molecule has 0 radical (unpaired) electrons. The van der Waals surface area contributed by atoms with E-state index in [1.807, 2.05) is 19.1 Å². The fraction of sp³-hybridized carbons (Fsp3) is 0.545. The fourth-order valence-corrected chi connectivity index (χ4v) is 3.80. The molecule has 3 rings (SSSR count). The number of aliphatic imine (C=N–C) groups is 1. The van der Waals surface area contributed by atoms with Gasteiger partial charge in [0.25, 0.3) is 0 Å². The van der Waals surface area contributed by atoms with Crippen molar-refractivity contribution in [2.24, 2.45) is 10.7 Å². The van der Waals surface area contributed by atoms with E-state index in [0.29, 0.717) is 32.2 Å². The molecule has 0 unspecified atom stereocenters. The van der Waals surface area contributed by atoms with Crippen LogP contribution in [0.5, 0.6) is 11.5 Å². The van der Waals surface area contributed by atoms with Crippen molar-refractivity contribution in [3.63, 3.8) is 0 Å². The van der Waals surface area contributed by atoms with E-state index in [1.165, 1.54) is 0 Å². The molecule has 32 heavy (non-hydrogen) atoms. The Morgan fingerprint density at radius 2 is 2.00 bits per heavy atom. The molecule has 1 amide bonds. The van der Waals surface area contributed by atoms with Crippen LogP contribution in [0, 0.1) is 0 Å². The molecule has 1 fully saturated rings. The number of carbonyl (C=O) groups is 1. The van der Waals surface area contributed by atoms with E-state index < -0.39 is 0 Å². The lowest BCUT2D eigenvalue weighted by Crippen LogP contribution is -2.48. The van der Waals surface area contributed by atoms with Crippen LogP contribution in [0.1, 0.15) is 31.9 Å². The van der Waals surface area contributed by atoms with Crippen molar-refractivity contribution in [2.75, 3.05) is 40.5 Å². The number of methoxy groups -OCH3 is 2. The third-order valence-corrected chi connectivity index (χ3v) is 5.44. The van der Waals surface area contributed by atoms with E-state index in [1.54, 1.807) is 19.1 Å². The molecule has 1 aromatic heterocycles. The summed E-state index contributed by atoms with van der Waals surface area (Å²) in [6, 6.07) is 6.18. The lowest BCUT2D eigenvalue weighted by molar-refractivity contribution is 0.0963. The van der Waals surface area contributed by atoms with Crippen LogP contribution in [-0.4, -0.2) is 68.4 Å². The second-order valence-electron chi connectivity index (χ2n) is 7.56. The highest BCUT2D eigenvalue weighted by atomic mass is 127. The van der Waals surface area contributed by atoms with Crippen LogP contribution in [0.4, 0.5) is 4.79 Å². The van der Waals surface area contributed by atoms with Gasteiger partial charge in [-0.1, -0.05) is 0 Å². The Balaban J connectivity index is 0.00000363. The number of aryl methyl sites for hydroxylation is 1. The van der Waals surface area contributed by atoms with Gasteiger partial charge in [-0.25, -0.2) is 4.79 Å². The zero-order valence-corrected chi connectivity index (χ0v) is 21.3. The standard InChI is InChI=1S/C22H33N5O4.HI/c1-4-31-22(28)27-10-7-15(8-11-27)26-21(23)24-9-5-6-16-12-18-19(25-16)13-17(29-2)14-20(18)30-3;/h12-15,25H,4-11H2,1-3H3,(H3,23,24,26);1H. The Morgan fingerprint density at radius 3 is 2.66 bits per heavy atom. The second kappa shape index (κ2) is 12.6. The lowest BCUT2D eigenvalue weighted by atomic mass is 10.1. The summed E-state index contributed by atoms with van der Waals surface area (Å²) in [6.45, 7) is 4.18. The molecule has 10 heteroatoms. The maximum absolute atomic E-state index is 11.8. The molecule has 2 heterocycles. The Labute approximate surface area is 206 Å². The molecular weight excluding hydrogens is 525 g/mol. The van der Waals surface area contributed by atoms with Crippen molar-refractivity contribution >= 4 is 46.9 Å². The highest BCUT2D eigenvalue weighted by Gasteiger charge is 2.23. The van der Waals surface area contributed by atoms with Gasteiger partial charge in [0.1, 0.15) is 11.5 Å². The number of H-pyrrole nitrogens is 1. The molecule has 0 saturated carbocycles. The van der Waals surface area contributed by atoms with Gasteiger partial charge in [0.2, 0.25) is 0 Å². The fourth-order valence-electron chi connectivity index (χ4n) is 3.80. The minimum atomic E-state index is -0.240. The highest BCUT2D eigenvalue weighted by molar-refractivity contribution is 14.0. The number of aromatic nitrogens is 1. The van der Waals surface area contributed by atoms with E-state index in [9.17, 15) is 4.79 Å². The number of hydrogen-bond donors (Lipinski definition) is 3. The molecule has 9 nitrogen and oxygen atoms in total. The first-order valence-electron chi connectivity index (χ1n) is 10.8. The van der Waals surface area contributed by atoms with Gasteiger partial charge in [-0.15, -0.1) is 24.0 Å². The molecule has 0 atom stereocenters. The van der Waals surface area contributed by atoms with Gasteiger partial charge in [0, 0.05) is 48.9 Å². The predicted molar refractivity (Wildman–Crippen MR) is 136 cm³/mol. The van der Waals surface area contributed by atoms with Crippen molar-refractivity contribution in [3.05, 3.63) is 23.9 Å². The number of amides is 1. The van der Waals surface area contributed by atoms with Crippen molar-refractivity contribution in [2.45, 2.75) is 38.6 Å². The maximum atomic E-state index is 11.8. The number of nitrogens with one attached hydrogen (secondary N) is 2. The summed E-state index contributed by atoms with van der Waals surface area (Å²) >= 11 is 0. The van der Waals surface area contributed by atoms with E-state index >= 15 is 0 Å². The smallest absolute Gasteiger partial charge is 0.409 e. The van der Waals surface area contributed by atoms with Crippen LogP contribution in [-0.2, 0) is 11.2 Å². The molecule has 1 aliphatic rings. The molecule has 1 saturated heterocycles. The van der Waals surface area contributed by atoms with E-state index in [-0.39, 0.29) is 36.1 Å². The number of nitrogens with zero attached hydrogens (tertiary/aromatic N) is 2. The number of guanidine groups is 1. The Morgan fingerprint density at radius 1 is 1.25 bits per heavy atom. The first-order valence-corrected chi connectivity index (χ1v) is 10.8. The predicted octanol–water partition coefficient (Wildman–Crippen LogP) is 3.26. The van der Waals surface area contributed by atoms with Gasteiger partial charge < -0.3 is 35.1 Å². The Kier molecular flexibility index (Phi) is 10.2. The number of nitrogens with two attached hydrogens (primary N) is 1. The molecule has 0 aliphatic carbocycles. The lowest BCUT2D eigenvalue weighted by Gasteiger charge is -2.31. The van der Waals surface area contributed by atoms with Gasteiger partial charge in [0.05, 0.1) is 26.3 Å². The van der Waals surface area contributed by atoms with Crippen LogP contribution in [0.3, 0.4) is 0 Å². The third-order valence-electron chi connectivity index (χ3n) is 5.44. The van der Waals surface area contributed by atoms with E-state index in [0.717, 1.165) is 53.8 Å². The summed E-state index contributed by atoms with van der Waals surface area (Å²) in [5, 5.41) is 4.31. The van der Waals surface area contributed by atoms with Crippen LogP contribution in [0.25, 0.3) is 10.9 Å². The van der Waals surface area contributed by atoms with E-state index in [2.05, 4.69) is 21.4 Å². The monoisotopic (exact) mass is 559 g/mol. The first-order chi connectivity index (χ1) is 15.0. The van der Waals surface area contributed by atoms with Crippen molar-refractivity contribution in [3.8, 4) is 11.5 Å². The van der Waals surface area contributed by atoms with Gasteiger partial charge >= 0.3 is 6.09 Å². The molecular formula is C22H34IN5O4. The topological polar surface area (TPSA) is 114 Å². The number of rotatable bonds is 8. The van der Waals surface area contributed by atoms with Crippen LogP contribution >= 0.6 is 24.0 Å². The molecule has 0 spiro atoms. The summed E-state index contributed by atoms with van der Waals surface area (Å²) in [5.74, 6) is 2.00. The average molecular weight is 559 g/mol. The molecule has 4 N–H and O–H groups in total. The Bertz CT molecular complexity index is 909. The summed E-state index contributed by atoms with van der Waals surface area (Å²) in [6.07, 6.45) is 3.14. The van der Waals surface area contributed by atoms with Crippen LogP contribution in [0.2, 0.25) is 0 Å². The number of carbonyl (C=O) groups excluding carboxylic acids is 1. The van der Waals surface area contributed by atoms with Gasteiger partial charge in [-0.2, -0.15) is 0 Å². The number of piperidine rings is 1. The number of hydrogen-bond acceptors (Lipinski definition) is 5. The highest BCUT2D eigenvalue weighted by Crippen LogP contribution is 2.31. The Hall–Kier alpha value is -2.37.